The van der Waals surface area contributed by atoms with E-state index in [-0.39, 0.29) is 23.4 Å². The molecular weight excluding hydrogens is 360 g/mol. The van der Waals surface area contributed by atoms with Gasteiger partial charge in [-0.3, -0.25) is 4.79 Å². The van der Waals surface area contributed by atoms with Gasteiger partial charge in [-0.1, -0.05) is 55.8 Å². The van der Waals surface area contributed by atoms with Crippen molar-refractivity contribution < 1.29 is 13.2 Å². The third kappa shape index (κ3) is 7.15. The van der Waals surface area contributed by atoms with Gasteiger partial charge in [0.2, 0.25) is 15.9 Å². The van der Waals surface area contributed by atoms with E-state index in [1.54, 1.807) is 24.3 Å². The van der Waals surface area contributed by atoms with Crippen LogP contribution in [0.15, 0.2) is 59.5 Å². The molecule has 0 bridgehead atoms. The van der Waals surface area contributed by atoms with E-state index < -0.39 is 10.0 Å². The maximum Gasteiger partial charge on any atom is 0.240 e. The lowest BCUT2D eigenvalue weighted by Gasteiger charge is -2.12. The number of rotatable bonds is 10. The predicted molar refractivity (Wildman–Crippen MR) is 108 cm³/mol. The zero-order valence-electron chi connectivity index (χ0n) is 15.9. The first kappa shape index (κ1) is 21.1. The maximum atomic E-state index is 12.4. The van der Waals surface area contributed by atoms with Crippen molar-refractivity contribution in [3.8, 4) is 0 Å². The lowest BCUT2D eigenvalue weighted by Crippen LogP contribution is -2.32. The summed E-state index contributed by atoms with van der Waals surface area (Å²) in [5, 5.41) is 2.97. The van der Waals surface area contributed by atoms with Gasteiger partial charge in [-0.2, -0.15) is 0 Å². The minimum Gasteiger partial charge on any atom is -0.354 e. The number of nitrogens with one attached hydrogen (secondary N) is 2. The Hall–Kier alpha value is -2.18. The molecule has 0 saturated carbocycles. The van der Waals surface area contributed by atoms with Crippen molar-refractivity contribution >= 4 is 15.9 Å². The van der Waals surface area contributed by atoms with Gasteiger partial charge in [-0.15, -0.1) is 0 Å². The van der Waals surface area contributed by atoms with E-state index in [1.807, 2.05) is 37.3 Å². The molecule has 2 aromatic carbocycles. The fourth-order valence-corrected chi connectivity index (χ4v) is 3.82. The summed E-state index contributed by atoms with van der Waals surface area (Å²) in [4.78, 5) is 12.2. The smallest absolute Gasteiger partial charge is 0.240 e. The van der Waals surface area contributed by atoms with Gasteiger partial charge in [-0.25, -0.2) is 13.1 Å². The van der Waals surface area contributed by atoms with Crippen molar-refractivity contribution in [3.05, 3.63) is 65.7 Å². The second-order valence-electron chi connectivity index (χ2n) is 6.71. The Bertz CT molecular complexity index is 818. The molecule has 0 heterocycles. The summed E-state index contributed by atoms with van der Waals surface area (Å²) < 4.78 is 27.4. The first-order valence-electron chi connectivity index (χ1n) is 9.32. The molecule has 0 fully saturated rings. The molecule has 0 radical (unpaired) electrons. The Morgan fingerprint density at radius 2 is 1.67 bits per heavy atom. The maximum absolute atomic E-state index is 12.4. The van der Waals surface area contributed by atoms with Crippen molar-refractivity contribution in [1.82, 2.24) is 10.0 Å². The van der Waals surface area contributed by atoms with Gasteiger partial charge in [0, 0.05) is 19.0 Å². The number of sulfonamides is 1. The number of carbonyl (C=O) groups excluding carboxylic acids is 1. The van der Waals surface area contributed by atoms with E-state index in [4.69, 9.17) is 0 Å². The first-order chi connectivity index (χ1) is 12.9. The van der Waals surface area contributed by atoms with Gasteiger partial charge in [0.15, 0.2) is 0 Å². The second kappa shape index (κ2) is 10.2. The molecule has 0 aliphatic rings. The topological polar surface area (TPSA) is 75.3 Å². The lowest BCUT2D eigenvalue weighted by atomic mass is 10.1. The van der Waals surface area contributed by atoms with Crippen LogP contribution in [0, 0.1) is 0 Å². The van der Waals surface area contributed by atoms with E-state index in [2.05, 4.69) is 17.0 Å². The summed E-state index contributed by atoms with van der Waals surface area (Å²) in [6, 6.07) is 16.3. The van der Waals surface area contributed by atoms with Gasteiger partial charge in [0.1, 0.15) is 0 Å². The van der Waals surface area contributed by atoms with Gasteiger partial charge >= 0.3 is 0 Å². The summed E-state index contributed by atoms with van der Waals surface area (Å²) in [7, 11) is -3.56. The lowest BCUT2D eigenvalue weighted by molar-refractivity contribution is -0.121. The van der Waals surface area contributed by atoms with Crippen LogP contribution in [0.1, 0.15) is 44.2 Å². The fraction of sp³-hybridized carbons (Fsp3) is 0.381. The van der Waals surface area contributed by atoms with Gasteiger partial charge in [0.05, 0.1) is 4.90 Å². The van der Waals surface area contributed by atoms with Crippen LogP contribution >= 0.6 is 0 Å². The van der Waals surface area contributed by atoms with Crippen LogP contribution in [0.25, 0.3) is 0 Å². The quantitative estimate of drug-likeness (QED) is 0.655. The minimum absolute atomic E-state index is 0.0252. The zero-order chi connectivity index (χ0) is 19.7. The molecule has 2 N–H and O–H groups in total. The third-order valence-corrected chi connectivity index (χ3v) is 5.73. The molecule has 27 heavy (non-hydrogen) atoms. The molecule has 146 valence electrons. The van der Waals surface area contributed by atoms with Gasteiger partial charge in [0.25, 0.3) is 0 Å². The Balaban J connectivity index is 1.87. The van der Waals surface area contributed by atoms with Crippen LogP contribution in [0.5, 0.6) is 0 Å². The van der Waals surface area contributed by atoms with Crippen LogP contribution in [-0.2, 0) is 27.8 Å². The SMILES string of the molecule is CCCC(C)NC(=O)CCc1ccc(S(=O)(=O)NCc2ccccc2)cc1. The number of carbonyl (C=O) groups is 1. The molecule has 2 rings (SSSR count). The largest absolute Gasteiger partial charge is 0.354 e. The Kier molecular flexibility index (Phi) is 8.00. The summed E-state index contributed by atoms with van der Waals surface area (Å²) in [6.45, 7) is 4.34. The highest BCUT2D eigenvalue weighted by Crippen LogP contribution is 2.13. The summed E-state index contributed by atoms with van der Waals surface area (Å²) in [5.74, 6) is 0.0252. The summed E-state index contributed by atoms with van der Waals surface area (Å²) in [6.07, 6.45) is 2.98. The van der Waals surface area contributed by atoms with Crippen molar-refractivity contribution in [2.45, 2.75) is 57.0 Å². The molecule has 5 nitrogen and oxygen atoms in total. The normalized spacial score (nSPS) is 12.5. The van der Waals surface area contributed by atoms with E-state index in [0.717, 1.165) is 24.0 Å². The number of hydrogen-bond donors (Lipinski definition) is 2. The molecule has 0 aromatic heterocycles. The first-order valence-corrected chi connectivity index (χ1v) is 10.8. The Morgan fingerprint density at radius 1 is 1.00 bits per heavy atom. The average Bonchev–Trinajstić information content (AvgIpc) is 2.66. The highest BCUT2D eigenvalue weighted by Gasteiger charge is 2.14. The highest BCUT2D eigenvalue weighted by molar-refractivity contribution is 7.89. The van der Waals surface area contributed by atoms with Crippen molar-refractivity contribution in [2.75, 3.05) is 0 Å². The molecule has 0 spiro atoms. The van der Waals surface area contributed by atoms with Gasteiger partial charge in [-0.05, 0) is 43.0 Å². The van der Waals surface area contributed by atoms with E-state index >= 15 is 0 Å². The number of benzene rings is 2. The molecule has 0 aliphatic carbocycles. The van der Waals surface area contributed by atoms with E-state index in [1.165, 1.54) is 0 Å². The molecule has 6 heteroatoms. The average molecular weight is 389 g/mol. The van der Waals surface area contributed by atoms with Crippen LogP contribution in [0.3, 0.4) is 0 Å². The second-order valence-corrected chi connectivity index (χ2v) is 8.48. The van der Waals surface area contributed by atoms with Crippen LogP contribution in [0.4, 0.5) is 0 Å². The van der Waals surface area contributed by atoms with Crippen molar-refractivity contribution in [3.63, 3.8) is 0 Å². The molecular formula is C21H28N2O3S. The fourth-order valence-electron chi connectivity index (χ4n) is 2.80. The minimum atomic E-state index is -3.56. The molecule has 1 amide bonds. The standard InChI is InChI=1S/C21H28N2O3S/c1-3-7-17(2)23-21(24)15-12-18-10-13-20(14-11-18)27(25,26)22-16-19-8-5-4-6-9-19/h4-6,8-11,13-14,17,22H,3,7,12,15-16H2,1-2H3,(H,23,24). The predicted octanol–water partition coefficient (Wildman–Crippen LogP) is 3.40. The number of hydrogen-bond acceptors (Lipinski definition) is 3. The van der Waals surface area contributed by atoms with Gasteiger partial charge < -0.3 is 5.32 Å². The van der Waals surface area contributed by atoms with Crippen LogP contribution < -0.4 is 10.0 Å². The van der Waals surface area contributed by atoms with Crippen molar-refractivity contribution in [1.29, 1.82) is 0 Å². The highest BCUT2D eigenvalue weighted by atomic mass is 32.2. The van der Waals surface area contributed by atoms with E-state index in [9.17, 15) is 13.2 Å². The molecule has 2 aromatic rings. The molecule has 1 atom stereocenters. The molecule has 0 aliphatic heterocycles. The van der Waals surface area contributed by atoms with Crippen molar-refractivity contribution in [2.24, 2.45) is 0 Å². The summed E-state index contributed by atoms with van der Waals surface area (Å²) >= 11 is 0. The molecule has 1 unspecified atom stereocenters. The van der Waals surface area contributed by atoms with E-state index in [0.29, 0.717) is 12.8 Å². The zero-order valence-corrected chi connectivity index (χ0v) is 16.8. The Labute approximate surface area is 162 Å². The molecule has 0 saturated heterocycles. The Morgan fingerprint density at radius 3 is 2.30 bits per heavy atom. The number of aryl methyl sites for hydroxylation is 1. The number of amides is 1. The third-order valence-electron chi connectivity index (χ3n) is 4.31. The van der Waals surface area contributed by atoms with Crippen LogP contribution in [-0.4, -0.2) is 20.4 Å². The monoisotopic (exact) mass is 388 g/mol. The summed E-state index contributed by atoms with van der Waals surface area (Å²) in [5.41, 5.74) is 1.84. The van der Waals surface area contributed by atoms with Crippen LogP contribution in [0.2, 0.25) is 0 Å².